The van der Waals surface area contributed by atoms with Gasteiger partial charge in [0.1, 0.15) is 11.6 Å². The molecule has 1 N–H and O–H groups in total. The van der Waals surface area contributed by atoms with Gasteiger partial charge in [-0.2, -0.15) is 0 Å². The Bertz CT molecular complexity index is 729. The van der Waals surface area contributed by atoms with Crippen molar-refractivity contribution in [3.63, 3.8) is 0 Å². The highest BCUT2D eigenvalue weighted by atomic mass is 15.2. The molecule has 1 saturated heterocycles. The minimum absolute atomic E-state index is 0.526. The van der Waals surface area contributed by atoms with E-state index >= 15 is 0 Å². The second-order valence-electron chi connectivity index (χ2n) is 5.86. The quantitative estimate of drug-likeness (QED) is 0.807. The average Bonchev–Trinajstić information content (AvgIpc) is 3.18. The molecule has 4 rings (SSSR count). The van der Waals surface area contributed by atoms with Crippen LogP contribution in [0.25, 0.3) is 11.3 Å². The summed E-state index contributed by atoms with van der Waals surface area (Å²) in [6.45, 7) is 1.98. The average molecular weight is 305 g/mol. The van der Waals surface area contributed by atoms with Crippen LogP contribution >= 0.6 is 0 Å². The first kappa shape index (κ1) is 13.9. The summed E-state index contributed by atoms with van der Waals surface area (Å²) >= 11 is 0. The van der Waals surface area contributed by atoms with E-state index in [0.717, 1.165) is 48.8 Å². The summed E-state index contributed by atoms with van der Waals surface area (Å²) in [4.78, 5) is 19.1. The Morgan fingerprint density at radius 3 is 2.43 bits per heavy atom. The Morgan fingerprint density at radius 2 is 1.78 bits per heavy atom. The summed E-state index contributed by atoms with van der Waals surface area (Å²) in [5.41, 5.74) is 2.02. The summed E-state index contributed by atoms with van der Waals surface area (Å²) in [6, 6.07) is 10.2. The number of nitrogens with zero attached hydrogens (tertiary/aromatic N) is 4. The van der Waals surface area contributed by atoms with Crippen LogP contribution in [0.1, 0.15) is 24.6 Å². The molecule has 1 aliphatic heterocycles. The maximum atomic E-state index is 4.61. The molecule has 0 unspecified atom stereocenters. The molecule has 0 radical (unpaired) electrons. The van der Waals surface area contributed by atoms with E-state index in [-0.39, 0.29) is 0 Å². The van der Waals surface area contributed by atoms with E-state index in [0.29, 0.717) is 5.92 Å². The zero-order chi connectivity index (χ0) is 15.5. The van der Waals surface area contributed by atoms with Crippen LogP contribution in [-0.2, 0) is 0 Å². The van der Waals surface area contributed by atoms with Crippen molar-refractivity contribution >= 4 is 5.82 Å². The van der Waals surface area contributed by atoms with E-state index in [1.165, 1.54) is 0 Å². The van der Waals surface area contributed by atoms with Crippen LogP contribution in [0.4, 0.5) is 5.82 Å². The standard InChI is InChI=1S/C18H19N5/c1-2-4-14(5-3-1)16-12-22-17(13-21-16)23-10-6-15(7-11-23)18-19-8-9-20-18/h1-5,8-9,12-13,15H,6-7,10-11H2,(H,19,20). The van der Waals surface area contributed by atoms with Gasteiger partial charge in [-0.15, -0.1) is 0 Å². The molecule has 5 nitrogen and oxygen atoms in total. The van der Waals surface area contributed by atoms with Gasteiger partial charge in [0.2, 0.25) is 0 Å². The van der Waals surface area contributed by atoms with Crippen LogP contribution < -0.4 is 4.90 Å². The summed E-state index contributed by atoms with van der Waals surface area (Å²) in [7, 11) is 0. The summed E-state index contributed by atoms with van der Waals surface area (Å²) in [5.74, 6) is 2.59. The third-order valence-corrected chi connectivity index (χ3v) is 4.43. The van der Waals surface area contributed by atoms with Crippen LogP contribution in [0, 0.1) is 0 Å². The Morgan fingerprint density at radius 1 is 0.957 bits per heavy atom. The summed E-state index contributed by atoms with van der Waals surface area (Å²) in [5, 5.41) is 0. The van der Waals surface area contributed by atoms with E-state index in [1.807, 2.05) is 43.0 Å². The first-order valence-corrected chi connectivity index (χ1v) is 8.02. The van der Waals surface area contributed by atoms with E-state index < -0.39 is 0 Å². The molecule has 5 heteroatoms. The van der Waals surface area contributed by atoms with Gasteiger partial charge in [0.05, 0.1) is 18.1 Å². The van der Waals surface area contributed by atoms with Gasteiger partial charge in [0.25, 0.3) is 0 Å². The highest BCUT2D eigenvalue weighted by Gasteiger charge is 2.23. The molecule has 1 aromatic carbocycles. The maximum Gasteiger partial charge on any atom is 0.147 e. The number of piperidine rings is 1. The van der Waals surface area contributed by atoms with Crippen LogP contribution in [0.3, 0.4) is 0 Å². The SMILES string of the molecule is c1ccc(-c2cnc(N3CCC(c4ncc[nH]4)CC3)cn2)cc1. The van der Waals surface area contributed by atoms with Gasteiger partial charge in [-0.25, -0.2) is 9.97 Å². The van der Waals surface area contributed by atoms with Crippen molar-refractivity contribution in [1.29, 1.82) is 0 Å². The zero-order valence-corrected chi connectivity index (χ0v) is 12.9. The van der Waals surface area contributed by atoms with Crippen molar-refractivity contribution in [2.24, 2.45) is 0 Å². The highest BCUT2D eigenvalue weighted by molar-refractivity contribution is 5.58. The molecule has 0 atom stereocenters. The van der Waals surface area contributed by atoms with Crippen molar-refractivity contribution in [3.8, 4) is 11.3 Å². The minimum atomic E-state index is 0.526. The van der Waals surface area contributed by atoms with Gasteiger partial charge in [-0.3, -0.25) is 4.98 Å². The first-order chi connectivity index (χ1) is 11.4. The lowest BCUT2D eigenvalue weighted by molar-refractivity contribution is 0.486. The van der Waals surface area contributed by atoms with Crippen molar-refractivity contribution in [2.75, 3.05) is 18.0 Å². The number of hydrogen-bond acceptors (Lipinski definition) is 4. The lowest BCUT2D eigenvalue weighted by Gasteiger charge is -2.31. The van der Waals surface area contributed by atoms with Crippen molar-refractivity contribution in [1.82, 2.24) is 19.9 Å². The van der Waals surface area contributed by atoms with E-state index in [9.17, 15) is 0 Å². The predicted octanol–water partition coefficient (Wildman–Crippen LogP) is 3.25. The Hall–Kier alpha value is -2.69. The number of H-pyrrole nitrogens is 1. The number of nitrogens with one attached hydrogen (secondary N) is 1. The number of anilines is 1. The zero-order valence-electron chi connectivity index (χ0n) is 12.9. The number of aromatic nitrogens is 4. The molecule has 0 amide bonds. The monoisotopic (exact) mass is 305 g/mol. The number of benzene rings is 1. The van der Waals surface area contributed by atoms with Gasteiger partial charge in [-0.05, 0) is 12.8 Å². The molecule has 116 valence electrons. The maximum absolute atomic E-state index is 4.61. The van der Waals surface area contributed by atoms with Gasteiger partial charge >= 0.3 is 0 Å². The molecule has 0 aliphatic carbocycles. The van der Waals surface area contributed by atoms with E-state index in [4.69, 9.17) is 0 Å². The van der Waals surface area contributed by atoms with Gasteiger partial charge in [0, 0.05) is 37.0 Å². The highest BCUT2D eigenvalue weighted by Crippen LogP contribution is 2.27. The topological polar surface area (TPSA) is 57.7 Å². The molecular weight excluding hydrogens is 286 g/mol. The van der Waals surface area contributed by atoms with Crippen molar-refractivity contribution in [3.05, 3.63) is 60.9 Å². The van der Waals surface area contributed by atoms with Gasteiger partial charge in [-0.1, -0.05) is 30.3 Å². The summed E-state index contributed by atoms with van der Waals surface area (Å²) < 4.78 is 0. The normalized spacial score (nSPS) is 15.7. The second-order valence-corrected chi connectivity index (χ2v) is 5.86. The molecule has 1 aliphatic rings. The molecular formula is C18H19N5. The minimum Gasteiger partial charge on any atom is -0.355 e. The Labute approximate surface area is 135 Å². The fourth-order valence-electron chi connectivity index (χ4n) is 3.13. The fourth-order valence-corrected chi connectivity index (χ4v) is 3.13. The number of rotatable bonds is 3. The smallest absolute Gasteiger partial charge is 0.147 e. The lowest BCUT2D eigenvalue weighted by atomic mass is 9.96. The van der Waals surface area contributed by atoms with Crippen LogP contribution in [0.5, 0.6) is 0 Å². The molecule has 23 heavy (non-hydrogen) atoms. The number of aromatic amines is 1. The lowest BCUT2D eigenvalue weighted by Crippen LogP contribution is -2.33. The van der Waals surface area contributed by atoms with Crippen LogP contribution in [0.2, 0.25) is 0 Å². The van der Waals surface area contributed by atoms with Crippen LogP contribution in [0.15, 0.2) is 55.1 Å². The van der Waals surface area contributed by atoms with Crippen molar-refractivity contribution < 1.29 is 0 Å². The third-order valence-electron chi connectivity index (χ3n) is 4.43. The Kier molecular flexibility index (Phi) is 3.76. The largest absolute Gasteiger partial charge is 0.355 e. The first-order valence-electron chi connectivity index (χ1n) is 8.02. The molecule has 3 aromatic rings. The van der Waals surface area contributed by atoms with Crippen molar-refractivity contribution in [2.45, 2.75) is 18.8 Å². The molecule has 0 spiro atoms. The fraction of sp³-hybridized carbons (Fsp3) is 0.278. The van der Waals surface area contributed by atoms with Gasteiger partial charge < -0.3 is 9.88 Å². The molecule has 1 fully saturated rings. The van der Waals surface area contributed by atoms with E-state index in [2.05, 4.69) is 37.0 Å². The van der Waals surface area contributed by atoms with E-state index in [1.54, 1.807) is 0 Å². The number of hydrogen-bond donors (Lipinski definition) is 1. The Balaban J connectivity index is 1.43. The molecule has 0 saturated carbocycles. The van der Waals surface area contributed by atoms with Gasteiger partial charge in [0.15, 0.2) is 0 Å². The molecule has 0 bridgehead atoms. The third kappa shape index (κ3) is 2.95. The molecule has 2 aromatic heterocycles. The number of imidazole rings is 1. The predicted molar refractivity (Wildman–Crippen MR) is 90.2 cm³/mol. The second kappa shape index (κ2) is 6.20. The van der Waals surface area contributed by atoms with Crippen LogP contribution in [-0.4, -0.2) is 33.0 Å². The molecule has 3 heterocycles. The summed E-state index contributed by atoms with van der Waals surface area (Å²) in [6.07, 6.45) is 9.66.